The minimum Gasteiger partial charge on any atom is -0.478 e. The predicted molar refractivity (Wildman–Crippen MR) is 59.3 cm³/mol. The predicted octanol–water partition coefficient (Wildman–Crippen LogP) is 2.79. The van der Waals surface area contributed by atoms with Crippen molar-refractivity contribution in [1.29, 1.82) is 0 Å². The Morgan fingerprint density at radius 3 is 2.56 bits per heavy atom. The lowest BCUT2D eigenvalue weighted by Gasteiger charge is -2.11. The lowest BCUT2D eigenvalue weighted by Crippen LogP contribution is -2.10. The number of aromatic carboxylic acids is 1. The van der Waals surface area contributed by atoms with E-state index in [1.807, 2.05) is 0 Å². The molecule has 0 bridgehead atoms. The van der Waals surface area contributed by atoms with E-state index in [1.54, 1.807) is 0 Å². The largest absolute Gasteiger partial charge is 0.478 e. The molecule has 0 aromatic heterocycles. The van der Waals surface area contributed by atoms with Gasteiger partial charge < -0.3 is 9.84 Å². The van der Waals surface area contributed by atoms with Crippen molar-refractivity contribution >= 4 is 27.6 Å². The van der Waals surface area contributed by atoms with Crippen LogP contribution in [0.25, 0.3) is 0 Å². The fourth-order valence-electron chi connectivity index (χ4n) is 1.26. The topological polar surface area (TPSA) is 89.7 Å². The first kappa shape index (κ1) is 14.3. The monoisotopic (exact) mass is 325 g/mol. The fourth-order valence-corrected chi connectivity index (χ4v) is 1.68. The number of carboxylic acids is 1. The van der Waals surface area contributed by atoms with Gasteiger partial charge in [-0.2, -0.15) is 8.78 Å². The molecule has 0 saturated heterocycles. The van der Waals surface area contributed by atoms with Crippen molar-refractivity contribution in [3.8, 4) is 5.75 Å². The first-order valence-corrected chi connectivity index (χ1v) is 5.54. The van der Waals surface area contributed by atoms with Crippen LogP contribution in [-0.2, 0) is 5.33 Å². The highest BCUT2D eigenvalue weighted by Gasteiger charge is 2.23. The molecule has 0 saturated carbocycles. The Labute approximate surface area is 107 Å². The minimum atomic E-state index is -3.22. The van der Waals surface area contributed by atoms with Crippen molar-refractivity contribution in [2.45, 2.75) is 11.9 Å². The molecule has 0 amide bonds. The smallest absolute Gasteiger partial charge is 0.387 e. The lowest BCUT2D eigenvalue weighted by atomic mass is 10.1. The Morgan fingerprint density at radius 1 is 1.56 bits per heavy atom. The summed E-state index contributed by atoms with van der Waals surface area (Å²) < 4.78 is 28.4. The number of ether oxygens (including phenoxy) is 1. The van der Waals surface area contributed by atoms with Crippen molar-refractivity contribution < 1.29 is 28.3 Å². The second-order valence-electron chi connectivity index (χ2n) is 3.06. The standard InChI is InChI=1S/C9H6BrF2NO5/c10-3-4-1-5(13(16)17)2-6(8(14)15)7(4)18-9(11)12/h1-2,9H,3H2,(H,14,15). The first-order chi connectivity index (χ1) is 8.36. The molecule has 0 spiro atoms. The lowest BCUT2D eigenvalue weighted by molar-refractivity contribution is -0.385. The normalized spacial score (nSPS) is 10.4. The summed E-state index contributed by atoms with van der Waals surface area (Å²) in [6.45, 7) is -3.22. The summed E-state index contributed by atoms with van der Waals surface area (Å²) >= 11 is 2.92. The van der Waals surface area contributed by atoms with Gasteiger partial charge in [-0.05, 0) is 0 Å². The summed E-state index contributed by atoms with van der Waals surface area (Å²) in [6.07, 6.45) is 0. The number of nitrogens with zero attached hydrogens (tertiary/aromatic N) is 1. The van der Waals surface area contributed by atoms with Gasteiger partial charge in [0.25, 0.3) is 5.69 Å². The molecule has 0 radical (unpaired) electrons. The van der Waals surface area contributed by atoms with E-state index < -0.39 is 34.5 Å². The maximum atomic E-state index is 12.2. The number of halogens is 3. The molecule has 0 unspecified atom stereocenters. The molecule has 0 fully saturated rings. The number of nitro groups is 1. The Bertz CT molecular complexity index is 494. The average molecular weight is 326 g/mol. The third-order valence-corrected chi connectivity index (χ3v) is 2.55. The van der Waals surface area contributed by atoms with Crippen molar-refractivity contribution in [2.75, 3.05) is 0 Å². The minimum absolute atomic E-state index is 0.0399. The second kappa shape index (κ2) is 5.71. The molecule has 1 aromatic carbocycles. The van der Waals surface area contributed by atoms with Crippen LogP contribution in [0.2, 0.25) is 0 Å². The quantitative estimate of drug-likeness (QED) is 0.510. The number of carbonyl (C=O) groups is 1. The van der Waals surface area contributed by atoms with Gasteiger partial charge in [-0.25, -0.2) is 4.79 Å². The van der Waals surface area contributed by atoms with Crippen LogP contribution in [0.15, 0.2) is 12.1 Å². The van der Waals surface area contributed by atoms with Gasteiger partial charge in [0.1, 0.15) is 11.3 Å². The van der Waals surface area contributed by atoms with E-state index in [1.165, 1.54) is 0 Å². The molecule has 1 rings (SSSR count). The van der Waals surface area contributed by atoms with Crippen molar-refractivity contribution in [3.63, 3.8) is 0 Å². The van der Waals surface area contributed by atoms with Crippen molar-refractivity contribution in [3.05, 3.63) is 33.4 Å². The zero-order chi connectivity index (χ0) is 13.9. The van der Waals surface area contributed by atoms with Gasteiger partial charge in [-0.1, -0.05) is 15.9 Å². The Balaban J connectivity index is 3.45. The average Bonchev–Trinajstić information content (AvgIpc) is 2.27. The number of non-ortho nitro benzene ring substituents is 1. The highest BCUT2D eigenvalue weighted by atomic mass is 79.9. The molecule has 0 aliphatic carbocycles. The Kier molecular flexibility index (Phi) is 4.54. The SMILES string of the molecule is O=C(O)c1cc([N+](=O)[O-])cc(CBr)c1OC(F)F. The van der Waals surface area contributed by atoms with E-state index in [0.29, 0.717) is 6.07 Å². The van der Waals surface area contributed by atoms with E-state index in [0.717, 1.165) is 6.07 Å². The summed E-state index contributed by atoms with van der Waals surface area (Å²) in [7, 11) is 0. The molecule has 6 nitrogen and oxygen atoms in total. The number of hydrogen-bond donors (Lipinski definition) is 1. The van der Waals surface area contributed by atoms with E-state index in [9.17, 15) is 23.7 Å². The molecule has 98 valence electrons. The summed E-state index contributed by atoms with van der Waals surface area (Å²) in [6, 6.07) is 1.64. The second-order valence-corrected chi connectivity index (χ2v) is 3.62. The third kappa shape index (κ3) is 3.13. The Morgan fingerprint density at radius 2 is 2.17 bits per heavy atom. The Hall–Kier alpha value is -1.77. The van der Waals surface area contributed by atoms with Crippen molar-refractivity contribution in [2.24, 2.45) is 0 Å². The summed E-state index contributed by atoms with van der Waals surface area (Å²) in [5, 5.41) is 19.4. The number of benzene rings is 1. The van der Waals surface area contributed by atoms with Gasteiger partial charge in [0, 0.05) is 23.0 Å². The zero-order valence-corrected chi connectivity index (χ0v) is 10.2. The zero-order valence-electron chi connectivity index (χ0n) is 8.60. The first-order valence-electron chi connectivity index (χ1n) is 4.42. The van der Waals surface area contributed by atoms with Crippen LogP contribution in [0.3, 0.4) is 0 Å². The molecule has 18 heavy (non-hydrogen) atoms. The maximum Gasteiger partial charge on any atom is 0.387 e. The highest BCUT2D eigenvalue weighted by molar-refractivity contribution is 9.08. The van der Waals surface area contributed by atoms with Crippen LogP contribution in [0.1, 0.15) is 15.9 Å². The third-order valence-electron chi connectivity index (χ3n) is 1.94. The van der Waals surface area contributed by atoms with Crippen molar-refractivity contribution in [1.82, 2.24) is 0 Å². The van der Waals surface area contributed by atoms with Gasteiger partial charge in [0.15, 0.2) is 0 Å². The van der Waals surface area contributed by atoms with Gasteiger partial charge in [0.05, 0.1) is 4.92 Å². The van der Waals surface area contributed by atoms with E-state index >= 15 is 0 Å². The van der Waals surface area contributed by atoms with Crippen LogP contribution in [0.5, 0.6) is 5.75 Å². The van der Waals surface area contributed by atoms with E-state index in [2.05, 4.69) is 20.7 Å². The van der Waals surface area contributed by atoms with Crippen LogP contribution in [0, 0.1) is 10.1 Å². The van der Waals surface area contributed by atoms with Gasteiger partial charge >= 0.3 is 12.6 Å². The van der Waals surface area contributed by atoms with Crippen LogP contribution < -0.4 is 4.74 Å². The highest BCUT2D eigenvalue weighted by Crippen LogP contribution is 2.32. The fraction of sp³-hybridized carbons (Fsp3) is 0.222. The molecule has 1 aromatic rings. The number of hydrogen-bond acceptors (Lipinski definition) is 4. The molecule has 0 atom stereocenters. The molecule has 0 heterocycles. The number of rotatable bonds is 5. The van der Waals surface area contributed by atoms with Gasteiger partial charge in [0.2, 0.25) is 0 Å². The van der Waals surface area contributed by atoms with Gasteiger partial charge in [-0.15, -0.1) is 0 Å². The van der Waals surface area contributed by atoms with Crippen LogP contribution >= 0.6 is 15.9 Å². The van der Waals surface area contributed by atoms with Crippen LogP contribution in [0.4, 0.5) is 14.5 Å². The molecule has 9 heteroatoms. The summed E-state index contributed by atoms with van der Waals surface area (Å²) in [4.78, 5) is 20.7. The summed E-state index contributed by atoms with van der Waals surface area (Å²) in [5.74, 6) is -2.17. The molecule has 0 aliphatic heterocycles. The molecular formula is C9H6BrF2NO5. The number of nitro benzene ring substituents is 1. The molecule has 0 aliphatic rings. The number of alkyl halides is 3. The van der Waals surface area contributed by atoms with E-state index in [-0.39, 0.29) is 10.9 Å². The van der Waals surface area contributed by atoms with Crippen LogP contribution in [-0.4, -0.2) is 22.6 Å². The van der Waals surface area contributed by atoms with E-state index in [4.69, 9.17) is 5.11 Å². The molecular weight excluding hydrogens is 320 g/mol. The maximum absolute atomic E-state index is 12.2. The summed E-state index contributed by atoms with van der Waals surface area (Å²) in [5.41, 5.74) is -1.23. The molecule has 1 N–H and O–H groups in total. The number of carboxylic acid groups (broad SMARTS) is 1. The van der Waals surface area contributed by atoms with Gasteiger partial charge in [-0.3, -0.25) is 10.1 Å².